The van der Waals surface area contributed by atoms with Crippen LogP contribution in [-0.2, 0) is 0 Å². The Hall–Kier alpha value is -1.16. The van der Waals surface area contributed by atoms with Crippen molar-refractivity contribution in [3.05, 3.63) is 18.5 Å². The largest absolute Gasteiger partial charge is 0.393 e. The zero-order valence-electron chi connectivity index (χ0n) is 8.13. The Balaban J connectivity index is 2.04. The number of aliphatic hydroxyl groups excluding tert-OH is 1. The van der Waals surface area contributed by atoms with Crippen molar-refractivity contribution in [1.29, 1.82) is 0 Å². The van der Waals surface area contributed by atoms with Gasteiger partial charge in [0.1, 0.15) is 0 Å². The second kappa shape index (κ2) is 4.37. The maximum absolute atomic E-state index is 9.49. The molecule has 0 aromatic carbocycles. The average Bonchev–Trinajstić information content (AvgIpc) is 2.44. The maximum atomic E-state index is 9.49. The summed E-state index contributed by atoms with van der Waals surface area (Å²) in [5.41, 5.74) is 0. The van der Waals surface area contributed by atoms with E-state index in [9.17, 15) is 5.11 Å². The smallest absolute Gasteiger partial charge is 0.225 e. The van der Waals surface area contributed by atoms with Crippen LogP contribution in [0, 0.1) is 0 Å². The molecule has 1 N–H and O–H groups in total. The van der Waals surface area contributed by atoms with Crippen LogP contribution in [0.2, 0.25) is 0 Å². The van der Waals surface area contributed by atoms with Crippen LogP contribution in [0.15, 0.2) is 18.5 Å². The van der Waals surface area contributed by atoms with Crippen LogP contribution < -0.4 is 4.90 Å². The maximum Gasteiger partial charge on any atom is 0.225 e. The summed E-state index contributed by atoms with van der Waals surface area (Å²) in [6.07, 6.45) is 6.08. The first-order chi connectivity index (χ1) is 6.86. The fraction of sp³-hybridized carbons (Fsp3) is 0.600. The molecule has 2 rings (SSSR count). The van der Waals surface area contributed by atoms with Gasteiger partial charge in [0, 0.05) is 25.5 Å². The van der Waals surface area contributed by atoms with E-state index in [0.29, 0.717) is 0 Å². The normalized spacial score (nSPS) is 23.2. The van der Waals surface area contributed by atoms with E-state index in [4.69, 9.17) is 0 Å². The fourth-order valence-electron chi connectivity index (χ4n) is 1.73. The predicted octanol–water partition coefficient (Wildman–Crippen LogP) is 0.828. The molecule has 4 heteroatoms. The van der Waals surface area contributed by atoms with E-state index in [1.165, 1.54) is 0 Å². The van der Waals surface area contributed by atoms with Crippen molar-refractivity contribution in [2.75, 3.05) is 18.0 Å². The summed E-state index contributed by atoms with van der Waals surface area (Å²) in [5, 5.41) is 9.49. The van der Waals surface area contributed by atoms with Crippen LogP contribution in [0.5, 0.6) is 0 Å². The summed E-state index contributed by atoms with van der Waals surface area (Å²) >= 11 is 0. The molecule has 0 radical (unpaired) electrons. The van der Waals surface area contributed by atoms with E-state index in [0.717, 1.165) is 38.3 Å². The minimum Gasteiger partial charge on any atom is -0.393 e. The Bertz CT molecular complexity index is 278. The summed E-state index contributed by atoms with van der Waals surface area (Å²) < 4.78 is 0. The lowest BCUT2D eigenvalue weighted by Gasteiger charge is -2.19. The highest BCUT2D eigenvalue weighted by Gasteiger charge is 2.16. The average molecular weight is 193 g/mol. The zero-order valence-corrected chi connectivity index (χ0v) is 8.13. The predicted molar refractivity (Wildman–Crippen MR) is 54.1 cm³/mol. The Labute approximate surface area is 83.6 Å². The first kappa shape index (κ1) is 9.40. The lowest BCUT2D eigenvalue weighted by atomic mass is 10.2. The lowest BCUT2D eigenvalue weighted by molar-refractivity contribution is 0.161. The van der Waals surface area contributed by atoms with Crippen LogP contribution in [0.3, 0.4) is 0 Å². The van der Waals surface area contributed by atoms with Crippen LogP contribution in [0.1, 0.15) is 19.3 Å². The van der Waals surface area contributed by atoms with Gasteiger partial charge in [-0.3, -0.25) is 0 Å². The number of aromatic nitrogens is 2. The third-order valence-electron chi connectivity index (χ3n) is 2.53. The molecule has 0 aliphatic carbocycles. The van der Waals surface area contributed by atoms with Crippen LogP contribution in [0.4, 0.5) is 5.95 Å². The quantitative estimate of drug-likeness (QED) is 0.717. The second-order valence-electron chi connectivity index (χ2n) is 3.62. The molecular formula is C10H15N3O. The molecule has 1 atom stereocenters. The van der Waals surface area contributed by atoms with Crippen molar-refractivity contribution in [3.63, 3.8) is 0 Å². The number of anilines is 1. The van der Waals surface area contributed by atoms with Crippen molar-refractivity contribution in [2.45, 2.75) is 25.4 Å². The van der Waals surface area contributed by atoms with Crippen molar-refractivity contribution in [3.8, 4) is 0 Å². The molecule has 1 aromatic rings. The van der Waals surface area contributed by atoms with Crippen molar-refractivity contribution >= 4 is 5.95 Å². The van der Waals surface area contributed by atoms with Gasteiger partial charge < -0.3 is 10.0 Å². The molecule has 2 heterocycles. The third-order valence-corrected chi connectivity index (χ3v) is 2.53. The van der Waals surface area contributed by atoms with Crippen LogP contribution in [0.25, 0.3) is 0 Å². The molecule has 1 saturated heterocycles. The highest BCUT2D eigenvalue weighted by molar-refractivity contribution is 5.28. The van der Waals surface area contributed by atoms with Gasteiger partial charge in [0.15, 0.2) is 0 Å². The second-order valence-corrected chi connectivity index (χ2v) is 3.62. The minimum atomic E-state index is -0.149. The molecule has 76 valence electrons. The fourth-order valence-corrected chi connectivity index (χ4v) is 1.73. The number of nitrogens with zero attached hydrogens (tertiary/aromatic N) is 3. The van der Waals surface area contributed by atoms with Crippen molar-refractivity contribution < 1.29 is 5.11 Å². The van der Waals surface area contributed by atoms with Crippen molar-refractivity contribution in [1.82, 2.24) is 9.97 Å². The number of rotatable bonds is 1. The summed E-state index contributed by atoms with van der Waals surface area (Å²) in [6.45, 7) is 1.80. The SMILES string of the molecule is OC1CCCN(c2ncccn2)CC1. The first-order valence-electron chi connectivity index (χ1n) is 5.06. The number of hydrogen-bond donors (Lipinski definition) is 1. The monoisotopic (exact) mass is 193 g/mol. The van der Waals surface area contributed by atoms with Crippen molar-refractivity contribution in [2.24, 2.45) is 0 Å². The van der Waals surface area contributed by atoms with Gasteiger partial charge in [0.25, 0.3) is 0 Å². The lowest BCUT2D eigenvalue weighted by Crippen LogP contribution is -2.26. The van der Waals surface area contributed by atoms with Gasteiger partial charge in [0.2, 0.25) is 5.95 Å². The van der Waals surface area contributed by atoms with Gasteiger partial charge in [-0.2, -0.15) is 0 Å². The molecule has 1 fully saturated rings. The molecule has 1 unspecified atom stereocenters. The Morgan fingerprint density at radius 3 is 2.79 bits per heavy atom. The van der Waals surface area contributed by atoms with E-state index in [2.05, 4.69) is 14.9 Å². The molecule has 0 bridgehead atoms. The van der Waals surface area contributed by atoms with Gasteiger partial charge in [-0.25, -0.2) is 9.97 Å². The summed E-state index contributed by atoms with van der Waals surface area (Å²) in [7, 11) is 0. The van der Waals surface area contributed by atoms with Gasteiger partial charge in [0.05, 0.1) is 6.10 Å². The van der Waals surface area contributed by atoms with E-state index >= 15 is 0 Å². The molecule has 14 heavy (non-hydrogen) atoms. The third kappa shape index (κ3) is 2.20. The van der Waals surface area contributed by atoms with Crippen LogP contribution >= 0.6 is 0 Å². The van der Waals surface area contributed by atoms with E-state index in [-0.39, 0.29) is 6.10 Å². The molecule has 1 aromatic heterocycles. The van der Waals surface area contributed by atoms with Gasteiger partial charge >= 0.3 is 0 Å². The molecular weight excluding hydrogens is 178 g/mol. The van der Waals surface area contributed by atoms with Gasteiger partial charge in [-0.15, -0.1) is 0 Å². The molecule has 1 aliphatic rings. The molecule has 0 amide bonds. The Kier molecular flexibility index (Phi) is 2.93. The molecule has 0 spiro atoms. The standard InChI is InChI=1S/C10H15N3O/c14-9-3-1-7-13(8-4-9)10-11-5-2-6-12-10/h2,5-6,9,14H,1,3-4,7-8H2. The first-order valence-corrected chi connectivity index (χ1v) is 5.06. The Morgan fingerprint density at radius 2 is 2.00 bits per heavy atom. The van der Waals surface area contributed by atoms with E-state index < -0.39 is 0 Å². The van der Waals surface area contributed by atoms with Gasteiger partial charge in [-0.05, 0) is 25.3 Å². The van der Waals surface area contributed by atoms with E-state index in [1.807, 2.05) is 6.07 Å². The van der Waals surface area contributed by atoms with E-state index in [1.54, 1.807) is 12.4 Å². The summed E-state index contributed by atoms with van der Waals surface area (Å²) in [6, 6.07) is 1.82. The van der Waals surface area contributed by atoms with Crippen LogP contribution in [-0.4, -0.2) is 34.3 Å². The highest BCUT2D eigenvalue weighted by Crippen LogP contribution is 2.14. The molecule has 1 aliphatic heterocycles. The zero-order chi connectivity index (χ0) is 9.80. The molecule has 0 saturated carbocycles. The topological polar surface area (TPSA) is 49.2 Å². The summed E-state index contributed by atoms with van der Waals surface area (Å²) in [4.78, 5) is 10.5. The number of aliphatic hydroxyl groups is 1. The highest BCUT2D eigenvalue weighted by atomic mass is 16.3. The minimum absolute atomic E-state index is 0.149. The Morgan fingerprint density at radius 1 is 1.21 bits per heavy atom. The number of hydrogen-bond acceptors (Lipinski definition) is 4. The molecule has 4 nitrogen and oxygen atoms in total. The van der Waals surface area contributed by atoms with Gasteiger partial charge in [-0.1, -0.05) is 0 Å². The summed E-state index contributed by atoms with van der Waals surface area (Å²) in [5.74, 6) is 0.779.